The van der Waals surface area contributed by atoms with E-state index in [2.05, 4.69) is 0 Å². The number of rotatable bonds is 2. The summed E-state index contributed by atoms with van der Waals surface area (Å²) >= 11 is 18.8. The second-order valence-electron chi connectivity index (χ2n) is 2.56. The van der Waals surface area contributed by atoms with Gasteiger partial charge in [-0.25, -0.2) is 0 Å². The smallest absolute Gasteiger partial charge is 0.282 e. The van der Waals surface area contributed by atoms with Crippen molar-refractivity contribution in [1.29, 1.82) is 0 Å². The molecule has 0 aromatic heterocycles. The Kier molecular flexibility index (Phi) is 4.38. The average molecular weight is 271 g/mol. The summed E-state index contributed by atoms with van der Waals surface area (Å²) in [5.41, 5.74) is 6.24. The maximum atomic E-state index is 5.84. The zero-order valence-electron chi connectivity index (χ0n) is 7.06. The van der Waals surface area contributed by atoms with Gasteiger partial charge >= 0.3 is 0 Å². The lowest BCUT2D eigenvalue weighted by atomic mass is 10.2. The lowest BCUT2D eigenvalue weighted by Gasteiger charge is -2.03. The first-order valence-electron chi connectivity index (χ1n) is 3.65. The van der Waals surface area contributed by atoms with Gasteiger partial charge in [-0.15, -0.1) is 0 Å². The molecule has 0 bridgehead atoms. The van der Waals surface area contributed by atoms with Crippen LogP contribution in [0.1, 0.15) is 5.56 Å². The number of amidine groups is 1. The molecule has 0 radical (unpaired) electrons. The lowest BCUT2D eigenvalue weighted by molar-refractivity contribution is -0.110. The van der Waals surface area contributed by atoms with Gasteiger partial charge in [-0.2, -0.15) is 0 Å². The Labute approximate surface area is 101 Å². The summed E-state index contributed by atoms with van der Waals surface area (Å²) in [6.07, 6.45) is 0. The minimum absolute atomic E-state index is 0.312. The molecule has 4 N–H and O–H groups in total. The van der Waals surface area contributed by atoms with Crippen LogP contribution >= 0.6 is 46.6 Å². The highest BCUT2D eigenvalue weighted by Gasteiger charge is 2.07. The van der Waals surface area contributed by atoms with Crippen molar-refractivity contribution in [3.63, 3.8) is 0 Å². The second kappa shape index (κ2) is 5.12. The van der Waals surface area contributed by atoms with E-state index in [1.807, 2.05) is 0 Å². The van der Waals surface area contributed by atoms with Gasteiger partial charge in [-0.05, 0) is 29.5 Å². The van der Waals surface area contributed by atoms with Crippen molar-refractivity contribution in [2.24, 2.45) is 5.73 Å². The molecule has 0 heterocycles. The van der Waals surface area contributed by atoms with Gasteiger partial charge in [0.1, 0.15) is 0 Å². The van der Waals surface area contributed by atoms with E-state index in [0.717, 1.165) is 5.56 Å². The van der Waals surface area contributed by atoms with Crippen LogP contribution in [0.4, 0.5) is 0 Å². The second-order valence-corrected chi connectivity index (χ2v) is 4.81. The van der Waals surface area contributed by atoms with E-state index in [4.69, 9.17) is 45.9 Å². The minimum atomic E-state index is 0.312. The van der Waals surface area contributed by atoms with Gasteiger partial charge in [-0.3, -0.25) is 11.1 Å². The largest absolute Gasteiger partial charge is 0.300 e. The monoisotopic (exact) mass is 269 g/mol. The van der Waals surface area contributed by atoms with E-state index in [0.29, 0.717) is 26.0 Å². The van der Waals surface area contributed by atoms with Crippen LogP contribution in [0.25, 0.3) is 0 Å². The third-order valence-electron chi connectivity index (χ3n) is 1.45. The SMILES string of the molecule is NC(=[NH2+])SCc1cc(Cl)c(Cl)c(Cl)c1. The van der Waals surface area contributed by atoms with Crippen molar-refractivity contribution in [3.8, 4) is 0 Å². The number of hydrogen-bond donors (Lipinski definition) is 2. The minimum Gasteiger partial charge on any atom is -0.282 e. The van der Waals surface area contributed by atoms with Crippen molar-refractivity contribution in [2.45, 2.75) is 5.75 Å². The zero-order chi connectivity index (χ0) is 10.7. The standard InChI is InChI=1S/C8H7Cl3N2S/c9-5-1-4(3-14-8(12)13)2-6(10)7(5)11/h1-2H,3H2,(H3,12,13)/p+1. The Balaban J connectivity index is 2.84. The molecule has 0 aliphatic rings. The molecule has 0 spiro atoms. The van der Waals surface area contributed by atoms with Crippen LogP contribution in [0.2, 0.25) is 15.1 Å². The van der Waals surface area contributed by atoms with Crippen molar-refractivity contribution < 1.29 is 5.41 Å². The number of nitrogens with two attached hydrogens (primary N) is 2. The molecule has 0 saturated carbocycles. The van der Waals surface area contributed by atoms with Crippen molar-refractivity contribution in [1.82, 2.24) is 0 Å². The first-order valence-corrected chi connectivity index (χ1v) is 5.76. The fourth-order valence-corrected chi connectivity index (χ4v) is 2.00. The van der Waals surface area contributed by atoms with E-state index < -0.39 is 0 Å². The number of thioether (sulfide) groups is 1. The van der Waals surface area contributed by atoms with Gasteiger partial charge in [0, 0.05) is 5.75 Å². The van der Waals surface area contributed by atoms with Crippen LogP contribution in [0, 0.1) is 0 Å². The Morgan fingerprint density at radius 3 is 2.21 bits per heavy atom. The molecule has 1 rings (SSSR count). The fraction of sp³-hybridized carbons (Fsp3) is 0.125. The predicted molar refractivity (Wildman–Crippen MR) is 63.9 cm³/mol. The van der Waals surface area contributed by atoms with E-state index in [1.54, 1.807) is 12.1 Å². The Bertz CT molecular complexity index is 345. The molecular weight excluding hydrogens is 263 g/mol. The highest BCUT2D eigenvalue weighted by atomic mass is 35.5. The molecule has 1 aromatic carbocycles. The van der Waals surface area contributed by atoms with Gasteiger partial charge in [0.05, 0.1) is 15.1 Å². The van der Waals surface area contributed by atoms with Crippen LogP contribution in [-0.4, -0.2) is 5.17 Å². The van der Waals surface area contributed by atoms with E-state index in [-0.39, 0.29) is 0 Å². The van der Waals surface area contributed by atoms with Crippen molar-refractivity contribution in [2.75, 3.05) is 0 Å². The molecular formula is C8H8Cl3N2S+. The molecule has 0 atom stereocenters. The number of hydrogen-bond acceptors (Lipinski definition) is 1. The molecule has 0 aliphatic carbocycles. The lowest BCUT2D eigenvalue weighted by Crippen LogP contribution is -2.43. The zero-order valence-corrected chi connectivity index (χ0v) is 10.1. The van der Waals surface area contributed by atoms with Crippen LogP contribution < -0.4 is 11.1 Å². The number of halogens is 3. The average Bonchev–Trinajstić information content (AvgIpc) is 2.10. The van der Waals surface area contributed by atoms with Gasteiger partial charge in [0.25, 0.3) is 5.17 Å². The predicted octanol–water partition coefficient (Wildman–Crippen LogP) is 1.95. The summed E-state index contributed by atoms with van der Waals surface area (Å²) in [6, 6.07) is 3.48. The molecule has 0 aliphatic heterocycles. The fourth-order valence-electron chi connectivity index (χ4n) is 0.858. The highest BCUT2D eigenvalue weighted by molar-refractivity contribution is 8.12. The molecule has 14 heavy (non-hydrogen) atoms. The van der Waals surface area contributed by atoms with Gasteiger partial charge in [0.2, 0.25) is 0 Å². The van der Waals surface area contributed by atoms with Crippen LogP contribution in [0.15, 0.2) is 12.1 Å². The summed E-state index contributed by atoms with van der Waals surface area (Å²) < 4.78 is 0. The molecule has 0 unspecified atom stereocenters. The van der Waals surface area contributed by atoms with E-state index >= 15 is 0 Å². The molecule has 0 fully saturated rings. The molecule has 1 aromatic rings. The van der Waals surface area contributed by atoms with Crippen LogP contribution in [0.3, 0.4) is 0 Å². The van der Waals surface area contributed by atoms with E-state index in [1.165, 1.54) is 11.8 Å². The molecule has 0 amide bonds. The third kappa shape index (κ3) is 3.24. The topological polar surface area (TPSA) is 51.6 Å². The maximum absolute atomic E-state index is 5.84. The molecule has 2 nitrogen and oxygen atoms in total. The molecule has 6 heteroatoms. The van der Waals surface area contributed by atoms with Crippen molar-refractivity contribution >= 4 is 51.7 Å². The van der Waals surface area contributed by atoms with Crippen LogP contribution in [-0.2, 0) is 5.75 Å². The number of benzene rings is 1. The molecule has 76 valence electrons. The van der Waals surface area contributed by atoms with Gasteiger partial charge in [-0.1, -0.05) is 34.8 Å². The van der Waals surface area contributed by atoms with Crippen LogP contribution in [0.5, 0.6) is 0 Å². The Hall–Kier alpha value is -0.0900. The Morgan fingerprint density at radius 2 is 1.79 bits per heavy atom. The first-order chi connectivity index (χ1) is 6.50. The third-order valence-corrected chi connectivity index (χ3v) is 3.46. The quantitative estimate of drug-likeness (QED) is 0.490. The summed E-state index contributed by atoms with van der Waals surface area (Å²) in [5, 5.41) is 6.86. The first kappa shape index (κ1) is 12.0. The summed E-state index contributed by atoms with van der Waals surface area (Å²) in [6.45, 7) is 0. The normalized spacial score (nSPS) is 10.2. The summed E-state index contributed by atoms with van der Waals surface area (Å²) in [7, 11) is 0. The Morgan fingerprint density at radius 1 is 1.29 bits per heavy atom. The summed E-state index contributed by atoms with van der Waals surface area (Å²) in [4.78, 5) is 0. The van der Waals surface area contributed by atoms with Gasteiger partial charge in [0.15, 0.2) is 0 Å². The maximum Gasteiger partial charge on any atom is 0.300 e. The summed E-state index contributed by atoms with van der Waals surface area (Å²) in [5.74, 6) is 0.624. The van der Waals surface area contributed by atoms with E-state index in [9.17, 15) is 0 Å². The highest BCUT2D eigenvalue weighted by Crippen LogP contribution is 2.32. The van der Waals surface area contributed by atoms with Gasteiger partial charge < -0.3 is 0 Å². The van der Waals surface area contributed by atoms with Crippen molar-refractivity contribution in [3.05, 3.63) is 32.8 Å². The molecule has 0 saturated heterocycles.